The monoisotopic (exact) mass is 271 g/mol. The first-order valence-electron chi connectivity index (χ1n) is 7.53. The van der Waals surface area contributed by atoms with E-state index in [0.717, 1.165) is 12.8 Å². The molecule has 3 nitrogen and oxygen atoms in total. The predicted molar refractivity (Wildman–Crippen MR) is 75.6 cm³/mol. The van der Waals surface area contributed by atoms with Crippen LogP contribution in [0, 0.1) is 11.8 Å². The molecule has 6 atom stereocenters. The van der Waals surface area contributed by atoms with Crippen molar-refractivity contribution in [2.75, 3.05) is 13.6 Å². The van der Waals surface area contributed by atoms with Crippen molar-refractivity contribution in [1.29, 1.82) is 0 Å². The van der Waals surface area contributed by atoms with E-state index in [1.54, 1.807) is 0 Å². The molecule has 0 bridgehead atoms. The number of hydrogen-bond donors (Lipinski definition) is 2. The van der Waals surface area contributed by atoms with Crippen LogP contribution in [0.2, 0.25) is 0 Å². The summed E-state index contributed by atoms with van der Waals surface area (Å²) in [7, 11) is 2.25. The molecule has 0 spiro atoms. The average Bonchev–Trinajstić information content (AvgIpc) is 2.54. The lowest BCUT2D eigenvalue weighted by molar-refractivity contribution is 0.0292. The lowest BCUT2D eigenvalue weighted by atomic mass is 9.70. The van der Waals surface area contributed by atoms with Crippen LogP contribution in [-0.2, 0) is 0 Å². The zero-order valence-corrected chi connectivity index (χ0v) is 12.1. The topological polar surface area (TPSA) is 41.3 Å². The molecule has 6 unspecified atom stereocenters. The highest BCUT2D eigenvalue weighted by Crippen LogP contribution is 2.39. The molecule has 18 heavy (non-hydrogen) atoms. The SMILES string of the molecule is CN1CCCCC2C(N)C3CC(Cl)CCC3NC21. The molecule has 2 aliphatic heterocycles. The summed E-state index contributed by atoms with van der Waals surface area (Å²) in [6.07, 6.45) is 7.85. The van der Waals surface area contributed by atoms with Gasteiger partial charge in [0.2, 0.25) is 0 Å². The Labute approximate surface area is 115 Å². The number of likely N-dealkylation sites (tertiary alicyclic amines) is 1. The van der Waals surface area contributed by atoms with Crippen molar-refractivity contribution < 1.29 is 0 Å². The van der Waals surface area contributed by atoms with Crippen LogP contribution in [0.5, 0.6) is 0 Å². The van der Waals surface area contributed by atoms with E-state index in [0.29, 0.717) is 35.5 Å². The van der Waals surface area contributed by atoms with Crippen molar-refractivity contribution in [3.05, 3.63) is 0 Å². The minimum absolute atomic E-state index is 0.336. The minimum atomic E-state index is 0.336. The molecule has 104 valence electrons. The van der Waals surface area contributed by atoms with E-state index in [1.165, 1.54) is 32.2 Å². The Morgan fingerprint density at radius 3 is 2.83 bits per heavy atom. The summed E-state index contributed by atoms with van der Waals surface area (Å²) < 4.78 is 0. The van der Waals surface area contributed by atoms with Crippen LogP contribution < -0.4 is 11.1 Å². The number of piperidine rings is 1. The van der Waals surface area contributed by atoms with E-state index in [-0.39, 0.29) is 0 Å². The molecule has 0 aromatic rings. The Balaban J connectivity index is 1.79. The smallest absolute Gasteiger partial charge is 0.0640 e. The Bertz CT molecular complexity index is 299. The minimum Gasteiger partial charge on any atom is -0.327 e. The number of halogens is 1. The molecule has 2 heterocycles. The van der Waals surface area contributed by atoms with E-state index >= 15 is 0 Å². The average molecular weight is 272 g/mol. The number of nitrogens with one attached hydrogen (secondary N) is 1. The van der Waals surface area contributed by atoms with E-state index in [9.17, 15) is 0 Å². The van der Waals surface area contributed by atoms with Crippen LogP contribution in [0.25, 0.3) is 0 Å². The normalized spacial score (nSPS) is 50.2. The first-order valence-corrected chi connectivity index (χ1v) is 7.96. The molecule has 0 aromatic heterocycles. The number of nitrogens with two attached hydrogens (primary N) is 1. The molecule has 3 fully saturated rings. The maximum atomic E-state index is 6.61. The second-order valence-electron chi connectivity index (χ2n) is 6.51. The zero-order chi connectivity index (χ0) is 12.7. The molecule has 1 saturated carbocycles. The first kappa shape index (κ1) is 13.2. The van der Waals surface area contributed by atoms with Crippen LogP contribution >= 0.6 is 11.6 Å². The molecule has 3 aliphatic rings. The van der Waals surface area contributed by atoms with Crippen molar-refractivity contribution in [3.8, 4) is 0 Å². The van der Waals surface area contributed by atoms with Crippen LogP contribution in [-0.4, -0.2) is 42.1 Å². The Morgan fingerprint density at radius 2 is 2.00 bits per heavy atom. The molecular weight excluding hydrogens is 246 g/mol. The molecule has 3 N–H and O–H groups in total. The van der Waals surface area contributed by atoms with Gasteiger partial charge in [0.1, 0.15) is 0 Å². The lowest BCUT2D eigenvalue weighted by Crippen LogP contribution is -2.67. The summed E-state index contributed by atoms with van der Waals surface area (Å²) in [5.41, 5.74) is 6.61. The number of nitrogens with zero attached hydrogens (tertiary/aromatic N) is 1. The van der Waals surface area contributed by atoms with Gasteiger partial charge in [-0.25, -0.2) is 0 Å². The fourth-order valence-electron chi connectivity index (χ4n) is 4.34. The van der Waals surface area contributed by atoms with Crippen molar-refractivity contribution in [2.24, 2.45) is 17.6 Å². The van der Waals surface area contributed by atoms with Gasteiger partial charge in [0.05, 0.1) is 6.17 Å². The van der Waals surface area contributed by atoms with Gasteiger partial charge < -0.3 is 5.73 Å². The molecular formula is C14H26ClN3. The van der Waals surface area contributed by atoms with E-state index in [2.05, 4.69) is 17.3 Å². The summed E-state index contributed by atoms with van der Waals surface area (Å²) in [5.74, 6) is 1.20. The van der Waals surface area contributed by atoms with E-state index < -0.39 is 0 Å². The third-order valence-electron chi connectivity index (χ3n) is 5.39. The van der Waals surface area contributed by atoms with Gasteiger partial charge >= 0.3 is 0 Å². The molecule has 2 saturated heterocycles. The highest BCUT2D eigenvalue weighted by Gasteiger charge is 2.46. The van der Waals surface area contributed by atoms with Gasteiger partial charge in [-0.05, 0) is 51.6 Å². The summed E-state index contributed by atoms with van der Waals surface area (Å²) in [5, 5.41) is 4.23. The van der Waals surface area contributed by atoms with Crippen molar-refractivity contribution >= 4 is 11.6 Å². The highest BCUT2D eigenvalue weighted by molar-refractivity contribution is 6.20. The maximum Gasteiger partial charge on any atom is 0.0640 e. The number of fused-ring (bicyclic) bond motifs is 2. The number of alkyl halides is 1. The fourth-order valence-corrected chi connectivity index (χ4v) is 4.67. The van der Waals surface area contributed by atoms with Gasteiger partial charge in [0.25, 0.3) is 0 Å². The Hall–Kier alpha value is 0.170. The third-order valence-corrected chi connectivity index (χ3v) is 5.78. The summed E-state index contributed by atoms with van der Waals surface area (Å²) >= 11 is 6.34. The van der Waals surface area contributed by atoms with E-state index in [1.807, 2.05) is 0 Å². The molecule has 4 heteroatoms. The largest absolute Gasteiger partial charge is 0.327 e. The molecule has 3 rings (SSSR count). The van der Waals surface area contributed by atoms with Gasteiger partial charge in [-0.2, -0.15) is 0 Å². The van der Waals surface area contributed by atoms with Gasteiger partial charge in [0, 0.05) is 23.4 Å². The van der Waals surface area contributed by atoms with Crippen molar-refractivity contribution in [3.63, 3.8) is 0 Å². The second kappa shape index (κ2) is 5.28. The highest BCUT2D eigenvalue weighted by atomic mass is 35.5. The standard InChI is InChI=1S/C14H26ClN3/c1-18-7-3-2-4-10-13(16)11-8-9(15)5-6-12(11)17-14(10)18/h9-14,17H,2-8,16H2,1H3. The predicted octanol–water partition coefficient (Wildman–Crippen LogP) is 1.75. The molecule has 0 radical (unpaired) electrons. The maximum absolute atomic E-state index is 6.61. The van der Waals surface area contributed by atoms with Crippen molar-refractivity contribution in [1.82, 2.24) is 10.2 Å². The summed E-state index contributed by atoms with van der Waals surface area (Å²) in [6.45, 7) is 1.20. The van der Waals surface area contributed by atoms with Gasteiger partial charge in [0.15, 0.2) is 0 Å². The van der Waals surface area contributed by atoms with Crippen LogP contribution in [0.3, 0.4) is 0 Å². The van der Waals surface area contributed by atoms with Gasteiger partial charge in [-0.3, -0.25) is 10.2 Å². The third kappa shape index (κ3) is 2.31. The lowest BCUT2D eigenvalue weighted by Gasteiger charge is -2.51. The molecule has 0 amide bonds. The molecule has 1 aliphatic carbocycles. The first-order chi connectivity index (χ1) is 8.66. The Morgan fingerprint density at radius 1 is 1.17 bits per heavy atom. The second-order valence-corrected chi connectivity index (χ2v) is 7.13. The Kier molecular flexibility index (Phi) is 3.86. The number of rotatable bonds is 0. The van der Waals surface area contributed by atoms with E-state index in [4.69, 9.17) is 17.3 Å². The van der Waals surface area contributed by atoms with Crippen LogP contribution in [0.4, 0.5) is 0 Å². The fraction of sp³-hybridized carbons (Fsp3) is 1.00. The van der Waals surface area contributed by atoms with Gasteiger partial charge in [-0.1, -0.05) is 6.42 Å². The van der Waals surface area contributed by atoms with Crippen LogP contribution in [0.1, 0.15) is 38.5 Å². The van der Waals surface area contributed by atoms with Crippen LogP contribution in [0.15, 0.2) is 0 Å². The zero-order valence-electron chi connectivity index (χ0n) is 11.3. The van der Waals surface area contributed by atoms with Gasteiger partial charge in [-0.15, -0.1) is 11.6 Å². The quantitative estimate of drug-likeness (QED) is 0.660. The number of hydrogen-bond acceptors (Lipinski definition) is 3. The summed E-state index contributed by atoms with van der Waals surface area (Å²) in [6, 6.07) is 0.931. The molecule has 0 aromatic carbocycles. The van der Waals surface area contributed by atoms with Crippen molar-refractivity contribution in [2.45, 2.75) is 62.2 Å². The summed E-state index contributed by atoms with van der Waals surface area (Å²) in [4.78, 5) is 2.49.